The second-order valence-corrected chi connectivity index (χ2v) is 5.50. The van der Waals surface area contributed by atoms with Crippen LogP contribution in [-0.4, -0.2) is 9.79 Å². The first-order valence-corrected chi connectivity index (χ1v) is 6.40. The van der Waals surface area contributed by atoms with E-state index in [1.54, 1.807) is 0 Å². The van der Waals surface area contributed by atoms with Crippen LogP contribution in [-0.2, 0) is 11.0 Å². The van der Waals surface area contributed by atoms with E-state index in [1.165, 1.54) is 0 Å². The van der Waals surface area contributed by atoms with Crippen molar-refractivity contribution in [3.63, 3.8) is 0 Å². The summed E-state index contributed by atoms with van der Waals surface area (Å²) in [4.78, 5) is 18.4. The number of fused-ring (bicyclic) bond motifs is 1. The summed E-state index contributed by atoms with van der Waals surface area (Å²) in [6, 6.07) is 7.54. The van der Waals surface area contributed by atoms with Crippen LogP contribution in [0.3, 0.4) is 0 Å². The largest absolute Gasteiger partial charge is 0.332 e. The van der Waals surface area contributed by atoms with Crippen LogP contribution >= 0.6 is 7.60 Å². The van der Waals surface area contributed by atoms with Crippen LogP contribution < -0.4 is 0 Å². The predicted molar refractivity (Wildman–Crippen MR) is 54.2 cm³/mol. The van der Waals surface area contributed by atoms with Crippen molar-refractivity contribution in [2.24, 2.45) is 0 Å². The van der Waals surface area contributed by atoms with E-state index in [-0.39, 0.29) is 0 Å². The van der Waals surface area contributed by atoms with E-state index in [1.807, 2.05) is 24.3 Å². The van der Waals surface area contributed by atoms with E-state index < -0.39 is 13.3 Å². The van der Waals surface area contributed by atoms with Crippen LogP contribution in [0, 0.1) is 0 Å². The maximum absolute atomic E-state index is 11.2. The van der Waals surface area contributed by atoms with Crippen molar-refractivity contribution in [1.29, 1.82) is 0 Å². The Kier molecular flexibility index (Phi) is 2.48. The molecule has 3 nitrogen and oxygen atoms in total. The summed E-state index contributed by atoms with van der Waals surface area (Å²) in [5, 5.41) is 0. The van der Waals surface area contributed by atoms with Crippen molar-refractivity contribution in [3.8, 4) is 0 Å². The molecule has 76 valence electrons. The standard InChI is InChI=1S/C10H13O3P/c11-14(12,13)10-7-3-5-8-4-1-2-6-9(8)10/h1-2,4,6,10H,3,5,7H2,(H2,11,12,13). The molecule has 1 aromatic carbocycles. The van der Waals surface area contributed by atoms with Gasteiger partial charge in [0.2, 0.25) is 0 Å². The molecule has 0 aromatic heterocycles. The third kappa shape index (κ3) is 1.76. The Balaban J connectivity index is 2.46. The molecule has 0 saturated heterocycles. The normalized spacial score (nSPS) is 21.7. The fourth-order valence-corrected chi connectivity index (χ4v) is 3.21. The van der Waals surface area contributed by atoms with Gasteiger partial charge in [-0.1, -0.05) is 24.3 Å². The molecule has 0 bridgehead atoms. The van der Waals surface area contributed by atoms with Gasteiger partial charge in [0.1, 0.15) is 0 Å². The molecule has 4 heteroatoms. The minimum Gasteiger partial charge on any atom is -0.324 e. The molecule has 0 saturated carbocycles. The quantitative estimate of drug-likeness (QED) is 0.702. The van der Waals surface area contributed by atoms with Crippen molar-refractivity contribution in [2.45, 2.75) is 24.9 Å². The van der Waals surface area contributed by atoms with Crippen LogP contribution in [0.1, 0.15) is 29.6 Å². The van der Waals surface area contributed by atoms with Crippen molar-refractivity contribution in [3.05, 3.63) is 35.4 Å². The number of benzene rings is 1. The van der Waals surface area contributed by atoms with Gasteiger partial charge in [0, 0.05) is 0 Å². The van der Waals surface area contributed by atoms with Gasteiger partial charge in [0.25, 0.3) is 0 Å². The minimum atomic E-state index is -3.97. The zero-order chi connectivity index (χ0) is 10.2. The van der Waals surface area contributed by atoms with Gasteiger partial charge in [-0.3, -0.25) is 4.57 Å². The van der Waals surface area contributed by atoms with Gasteiger partial charge in [-0.15, -0.1) is 0 Å². The van der Waals surface area contributed by atoms with Crippen molar-refractivity contribution in [1.82, 2.24) is 0 Å². The number of hydrogen-bond donors (Lipinski definition) is 2. The molecular weight excluding hydrogens is 199 g/mol. The third-order valence-corrected chi connectivity index (χ3v) is 4.09. The highest BCUT2D eigenvalue weighted by Gasteiger charge is 2.33. The summed E-state index contributed by atoms with van der Waals surface area (Å²) < 4.78 is 11.2. The van der Waals surface area contributed by atoms with Crippen molar-refractivity contribution in [2.75, 3.05) is 0 Å². The molecule has 1 unspecified atom stereocenters. The summed E-state index contributed by atoms with van der Waals surface area (Å²) in [7, 11) is -3.97. The molecule has 0 amide bonds. The topological polar surface area (TPSA) is 57.5 Å². The Bertz CT molecular complexity index is 383. The van der Waals surface area contributed by atoms with Gasteiger partial charge < -0.3 is 9.79 Å². The molecule has 0 fully saturated rings. The molecule has 1 aliphatic rings. The number of rotatable bonds is 1. The maximum Gasteiger partial charge on any atom is 0.332 e. The Morgan fingerprint density at radius 3 is 2.71 bits per heavy atom. The van der Waals surface area contributed by atoms with E-state index in [9.17, 15) is 14.4 Å². The monoisotopic (exact) mass is 212 g/mol. The maximum atomic E-state index is 11.2. The molecule has 0 spiro atoms. The average Bonchev–Trinajstić information content (AvgIpc) is 2.15. The highest BCUT2D eigenvalue weighted by Crippen LogP contribution is 2.56. The highest BCUT2D eigenvalue weighted by molar-refractivity contribution is 7.52. The smallest absolute Gasteiger partial charge is 0.324 e. The Hall–Kier alpha value is -0.630. The molecule has 1 aromatic rings. The van der Waals surface area contributed by atoms with Gasteiger partial charge in [0.05, 0.1) is 5.66 Å². The summed E-state index contributed by atoms with van der Waals surface area (Å²) in [6.45, 7) is 0. The summed E-state index contributed by atoms with van der Waals surface area (Å²) in [5.74, 6) is 0. The lowest BCUT2D eigenvalue weighted by molar-refractivity contribution is 0.351. The van der Waals surface area contributed by atoms with E-state index in [0.29, 0.717) is 6.42 Å². The molecule has 1 aliphatic carbocycles. The Labute approximate surface area is 82.9 Å². The van der Waals surface area contributed by atoms with Crippen LogP contribution in [0.2, 0.25) is 0 Å². The van der Waals surface area contributed by atoms with Gasteiger partial charge in [-0.25, -0.2) is 0 Å². The molecule has 0 heterocycles. The van der Waals surface area contributed by atoms with Crippen LogP contribution in [0.25, 0.3) is 0 Å². The van der Waals surface area contributed by atoms with Gasteiger partial charge in [-0.05, 0) is 30.4 Å². The summed E-state index contributed by atoms with van der Waals surface area (Å²) in [6.07, 6.45) is 2.40. The molecular formula is C10H13O3P. The molecule has 0 radical (unpaired) electrons. The fraction of sp³-hybridized carbons (Fsp3) is 0.400. The lowest BCUT2D eigenvalue weighted by Crippen LogP contribution is -2.09. The zero-order valence-corrected chi connectivity index (χ0v) is 8.65. The Morgan fingerprint density at radius 1 is 1.29 bits per heavy atom. The minimum absolute atomic E-state index is 0.576. The first kappa shape index (κ1) is 9.91. The van der Waals surface area contributed by atoms with Crippen molar-refractivity contribution >= 4 is 7.60 Å². The first-order valence-electron chi connectivity index (χ1n) is 4.72. The zero-order valence-electron chi connectivity index (χ0n) is 7.76. The fourth-order valence-electron chi connectivity index (χ4n) is 2.08. The molecule has 1 atom stereocenters. The molecule has 2 rings (SSSR count). The highest BCUT2D eigenvalue weighted by atomic mass is 31.2. The Morgan fingerprint density at radius 2 is 2.00 bits per heavy atom. The van der Waals surface area contributed by atoms with E-state index in [4.69, 9.17) is 0 Å². The predicted octanol–water partition coefficient (Wildman–Crippen LogP) is 2.24. The van der Waals surface area contributed by atoms with Gasteiger partial charge in [-0.2, -0.15) is 0 Å². The average molecular weight is 212 g/mol. The lowest BCUT2D eigenvalue weighted by atomic mass is 9.91. The van der Waals surface area contributed by atoms with E-state index in [0.717, 1.165) is 24.0 Å². The number of hydrogen-bond acceptors (Lipinski definition) is 1. The van der Waals surface area contributed by atoms with E-state index in [2.05, 4.69) is 0 Å². The van der Waals surface area contributed by atoms with Crippen molar-refractivity contribution < 1.29 is 14.4 Å². The first-order chi connectivity index (χ1) is 6.59. The van der Waals surface area contributed by atoms with Gasteiger partial charge >= 0.3 is 7.60 Å². The molecule has 0 aliphatic heterocycles. The van der Waals surface area contributed by atoms with E-state index >= 15 is 0 Å². The lowest BCUT2D eigenvalue weighted by Gasteiger charge is -2.25. The molecule has 2 N–H and O–H groups in total. The number of aryl methyl sites for hydroxylation is 1. The summed E-state index contributed by atoms with van der Waals surface area (Å²) in [5.41, 5.74) is 1.35. The second-order valence-electron chi connectivity index (χ2n) is 3.70. The molecule has 14 heavy (non-hydrogen) atoms. The summed E-state index contributed by atoms with van der Waals surface area (Å²) >= 11 is 0. The van der Waals surface area contributed by atoms with Crippen LogP contribution in [0.15, 0.2) is 24.3 Å². The third-order valence-electron chi connectivity index (χ3n) is 2.74. The van der Waals surface area contributed by atoms with Crippen LogP contribution in [0.5, 0.6) is 0 Å². The SMILES string of the molecule is O=P(O)(O)C1CCCc2ccccc21. The second kappa shape index (κ2) is 3.50. The van der Waals surface area contributed by atoms with Crippen LogP contribution in [0.4, 0.5) is 0 Å². The van der Waals surface area contributed by atoms with Gasteiger partial charge in [0.15, 0.2) is 0 Å².